The summed E-state index contributed by atoms with van der Waals surface area (Å²) in [7, 11) is 0. The third-order valence-electron chi connectivity index (χ3n) is 6.27. The van der Waals surface area contributed by atoms with E-state index in [4.69, 9.17) is 0 Å². The summed E-state index contributed by atoms with van der Waals surface area (Å²) in [6.45, 7) is 9.33. The fourth-order valence-electron chi connectivity index (χ4n) is 3.94. The fraction of sp³-hybridized carbons (Fsp3) is 0.391. The topological polar surface area (TPSA) is 20.2 Å². The highest BCUT2D eigenvalue weighted by atomic mass is 19.1. The summed E-state index contributed by atoms with van der Waals surface area (Å²) in [6, 6.07) is 14.1. The largest absolute Gasteiger partial charge is 0.508 e. The number of aromatic hydroxyl groups is 1. The molecule has 3 rings (SSSR count). The smallest absolute Gasteiger partial charge is 0.123 e. The van der Waals surface area contributed by atoms with Gasteiger partial charge in [0.05, 0.1) is 0 Å². The zero-order valence-electron chi connectivity index (χ0n) is 15.6. The standard InChI is InChI=1S/C23H27FO/c1-22(2)15-5-6-20(23(22,3)4)21(16-7-11-18(24)12-8-16)17-9-13-19(25)14-10-17/h7-14,25H,5-6,15H2,1-4H3. The van der Waals surface area contributed by atoms with Crippen LogP contribution in [0, 0.1) is 16.6 Å². The molecule has 25 heavy (non-hydrogen) atoms. The van der Waals surface area contributed by atoms with E-state index < -0.39 is 0 Å². The van der Waals surface area contributed by atoms with Crippen LogP contribution in [0.2, 0.25) is 0 Å². The highest BCUT2D eigenvalue weighted by Gasteiger charge is 2.43. The molecule has 2 aromatic rings. The summed E-state index contributed by atoms with van der Waals surface area (Å²) < 4.78 is 13.5. The van der Waals surface area contributed by atoms with Gasteiger partial charge in [-0.25, -0.2) is 4.39 Å². The Kier molecular flexibility index (Phi) is 4.49. The summed E-state index contributed by atoms with van der Waals surface area (Å²) in [6.07, 6.45) is 3.41. The number of rotatable bonds is 2. The zero-order valence-corrected chi connectivity index (χ0v) is 15.6. The van der Waals surface area contributed by atoms with Crippen molar-refractivity contribution in [3.05, 3.63) is 71.0 Å². The molecule has 0 aromatic heterocycles. The van der Waals surface area contributed by atoms with Crippen molar-refractivity contribution in [1.82, 2.24) is 0 Å². The van der Waals surface area contributed by atoms with E-state index in [9.17, 15) is 9.50 Å². The van der Waals surface area contributed by atoms with Crippen molar-refractivity contribution < 1.29 is 9.50 Å². The van der Waals surface area contributed by atoms with E-state index in [0.29, 0.717) is 0 Å². The second kappa shape index (κ2) is 6.33. The maximum absolute atomic E-state index is 13.5. The average Bonchev–Trinajstić information content (AvgIpc) is 2.55. The molecule has 1 aliphatic rings. The summed E-state index contributed by atoms with van der Waals surface area (Å²) >= 11 is 0. The SMILES string of the molecule is CC1(C)CCCC(=C(c2ccc(O)cc2)c2ccc(F)cc2)C1(C)C. The summed E-state index contributed by atoms with van der Waals surface area (Å²) in [4.78, 5) is 0. The van der Waals surface area contributed by atoms with Gasteiger partial charge in [0.25, 0.3) is 0 Å². The van der Waals surface area contributed by atoms with E-state index in [1.807, 2.05) is 24.3 Å². The van der Waals surface area contributed by atoms with Crippen molar-refractivity contribution in [1.29, 1.82) is 0 Å². The molecule has 0 unspecified atom stereocenters. The predicted molar refractivity (Wildman–Crippen MR) is 102 cm³/mol. The number of hydrogen-bond acceptors (Lipinski definition) is 1. The Bertz CT molecular complexity index is 732. The number of allylic oxidation sites excluding steroid dienone is 1. The van der Waals surface area contributed by atoms with Gasteiger partial charge in [0.15, 0.2) is 0 Å². The molecule has 0 heterocycles. The minimum atomic E-state index is -0.220. The molecular formula is C23H27FO. The van der Waals surface area contributed by atoms with Crippen LogP contribution in [-0.2, 0) is 0 Å². The minimum Gasteiger partial charge on any atom is -0.508 e. The van der Waals surface area contributed by atoms with E-state index in [-0.39, 0.29) is 22.4 Å². The first-order valence-electron chi connectivity index (χ1n) is 9.01. The molecular weight excluding hydrogens is 311 g/mol. The minimum absolute atomic E-state index is 0.0346. The molecule has 1 nitrogen and oxygen atoms in total. The quantitative estimate of drug-likeness (QED) is 0.656. The Labute approximate surface area is 150 Å². The van der Waals surface area contributed by atoms with E-state index in [1.165, 1.54) is 29.7 Å². The first-order chi connectivity index (χ1) is 11.7. The molecule has 1 fully saturated rings. The third kappa shape index (κ3) is 3.22. The molecule has 0 spiro atoms. The van der Waals surface area contributed by atoms with Gasteiger partial charge in [-0.05, 0) is 71.1 Å². The Hall–Kier alpha value is -2.09. The van der Waals surface area contributed by atoms with Crippen LogP contribution in [0.4, 0.5) is 4.39 Å². The molecule has 2 aromatic carbocycles. The highest BCUT2D eigenvalue weighted by Crippen LogP contribution is 2.55. The van der Waals surface area contributed by atoms with Gasteiger partial charge >= 0.3 is 0 Å². The lowest BCUT2D eigenvalue weighted by atomic mass is 9.56. The summed E-state index contributed by atoms with van der Waals surface area (Å²) in [5.41, 5.74) is 4.94. The number of halogens is 1. The van der Waals surface area contributed by atoms with Gasteiger partial charge in [-0.15, -0.1) is 0 Å². The lowest BCUT2D eigenvalue weighted by molar-refractivity contribution is 0.107. The first kappa shape index (κ1) is 17.7. The number of hydrogen-bond donors (Lipinski definition) is 1. The van der Waals surface area contributed by atoms with Gasteiger partial charge in [0.2, 0.25) is 0 Å². The number of phenols is 1. The van der Waals surface area contributed by atoms with Crippen molar-refractivity contribution in [3.8, 4) is 5.75 Å². The summed E-state index contributed by atoms with van der Waals surface area (Å²) in [5, 5.41) is 9.68. The van der Waals surface area contributed by atoms with Gasteiger partial charge in [-0.1, -0.05) is 57.5 Å². The van der Waals surface area contributed by atoms with Crippen LogP contribution < -0.4 is 0 Å². The molecule has 0 saturated heterocycles. The van der Waals surface area contributed by atoms with Crippen LogP contribution >= 0.6 is 0 Å². The summed E-state index contributed by atoms with van der Waals surface area (Å²) in [5.74, 6) is 0.0393. The van der Waals surface area contributed by atoms with E-state index in [1.54, 1.807) is 12.1 Å². The normalized spacial score (nSPS) is 21.0. The van der Waals surface area contributed by atoms with Gasteiger partial charge in [0.1, 0.15) is 11.6 Å². The molecule has 0 radical (unpaired) electrons. The molecule has 0 atom stereocenters. The zero-order chi connectivity index (χ0) is 18.2. The molecule has 1 N–H and O–H groups in total. The van der Waals surface area contributed by atoms with Crippen LogP contribution in [0.25, 0.3) is 5.57 Å². The monoisotopic (exact) mass is 338 g/mol. The van der Waals surface area contributed by atoms with Crippen LogP contribution in [0.5, 0.6) is 5.75 Å². The lowest BCUT2D eigenvalue weighted by Gasteiger charge is -2.49. The molecule has 0 aliphatic heterocycles. The van der Waals surface area contributed by atoms with Crippen molar-refractivity contribution in [2.45, 2.75) is 47.0 Å². The first-order valence-corrected chi connectivity index (χ1v) is 9.01. The van der Waals surface area contributed by atoms with Crippen molar-refractivity contribution in [3.63, 3.8) is 0 Å². The van der Waals surface area contributed by atoms with Gasteiger partial charge in [0, 0.05) is 0 Å². The van der Waals surface area contributed by atoms with Crippen molar-refractivity contribution in [2.75, 3.05) is 0 Å². The molecule has 1 saturated carbocycles. The van der Waals surface area contributed by atoms with Gasteiger partial charge < -0.3 is 5.11 Å². The fourth-order valence-corrected chi connectivity index (χ4v) is 3.94. The van der Waals surface area contributed by atoms with E-state index in [0.717, 1.165) is 24.0 Å². The second-order valence-electron chi connectivity index (χ2n) is 8.27. The highest BCUT2D eigenvalue weighted by molar-refractivity contribution is 5.83. The Morgan fingerprint density at radius 2 is 1.40 bits per heavy atom. The lowest BCUT2D eigenvalue weighted by Crippen LogP contribution is -2.38. The average molecular weight is 338 g/mol. The van der Waals surface area contributed by atoms with Crippen LogP contribution in [0.15, 0.2) is 54.1 Å². The van der Waals surface area contributed by atoms with Crippen molar-refractivity contribution in [2.24, 2.45) is 10.8 Å². The van der Waals surface area contributed by atoms with E-state index >= 15 is 0 Å². The third-order valence-corrected chi connectivity index (χ3v) is 6.27. The molecule has 1 aliphatic carbocycles. The van der Waals surface area contributed by atoms with Crippen LogP contribution in [0.1, 0.15) is 58.1 Å². The van der Waals surface area contributed by atoms with Crippen LogP contribution in [0.3, 0.4) is 0 Å². The molecule has 132 valence electrons. The Balaban J connectivity index is 2.26. The second-order valence-corrected chi connectivity index (χ2v) is 8.27. The van der Waals surface area contributed by atoms with Crippen molar-refractivity contribution >= 4 is 5.57 Å². The van der Waals surface area contributed by atoms with Gasteiger partial charge in [-0.3, -0.25) is 0 Å². The Morgan fingerprint density at radius 3 is 1.96 bits per heavy atom. The molecule has 0 amide bonds. The molecule has 0 bridgehead atoms. The maximum atomic E-state index is 13.5. The van der Waals surface area contributed by atoms with Gasteiger partial charge in [-0.2, -0.15) is 0 Å². The molecule has 2 heteroatoms. The number of phenolic OH excluding ortho intramolecular Hbond substituents is 1. The van der Waals surface area contributed by atoms with E-state index in [2.05, 4.69) is 27.7 Å². The predicted octanol–water partition coefficient (Wildman–Crippen LogP) is 6.57. The number of benzene rings is 2. The van der Waals surface area contributed by atoms with Crippen LogP contribution in [-0.4, -0.2) is 5.11 Å². The maximum Gasteiger partial charge on any atom is 0.123 e. The Morgan fingerprint density at radius 1 is 0.880 bits per heavy atom.